The molecule has 0 spiro atoms. The number of ether oxygens (including phenoxy) is 1. The molecular weight excluding hydrogens is 259 g/mol. The lowest BCUT2D eigenvalue weighted by Crippen LogP contribution is -2.28. The molecule has 0 saturated heterocycles. The van der Waals surface area contributed by atoms with Gasteiger partial charge in [0.2, 0.25) is 0 Å². The number of halogens is 1. The molecular formula is C15H15FN2O2. The van der Waals surface area contributed by atoms with Crippen molar-refractivity contribution in [2.24, 2.45) is 0 Å². The van der Waals surface area contributed by atoms with Gasteiger partial charge in [0.15, 0.2) is 18.2 Å². The topological polar surface area (TPSA) is 64.3 Å². The van der Waals surface area contributed by atoms with Crippen molar-refractivity contribution in [3.63, 3.8) is 0 Å². The Balaban J connectivity index is 1.80. The van der Waals surface area contributed by atoms with E-state index in [0.717, 1.165) is 11.6 Å². The normalized spacial score (nSPS) is 10.1. The number of rotatable bonds is 5. The van der Waals surface area contributed by atoms with Crippen molar-refractivity contribution < 1.29 is 13.9 Å². The Morgan fingerprint density at radius 3 is 2.65 bits per heavy atom. The fourth-order valence-electron chi connectivity index (χ4n) is 1.62. The van der Waals surface area contributed by atoms with Crippen LogP contribution in [0.25, 0.3) is 0 Å². The number of hydrogen-bond acceptors (Lipinski definition) is 3. The van der Waals surface area contributed by atoms with Crippen LogP contribution in [0.5, 0.6) is 5.75 Å². The van der Waals surface area contributed by atoms with Crippen LogP contribution in [0.3, 0.4) is 0 Å². The molecule has 5 heteroatoms. The molecule has 4 nitrogen and oxygen atoms in total. The van der Waals surface area contributed by atoms with E-state index in [9.17, 15) is 9.18 Å². The lowest BCUT2D eigenvalue weighted by Gasteiger charge is -2.08. The van der Waals surface area contributed by atoms with E-state index in [1.807, 2.05) is 30.3 Å². The first-order chi connectivity index (χ1) is 9.65. The second-order valence-corrected chi connectivity index (χ2v) is 4.24. The van der Waals surface area contributed by atoms with Gasteiger partial charge in [0.25, 0.3) is 5.91 Å². The molecule has 0 atom stereocenters. The van der Waals surface area contributed by atoms with Crippen molar-refractivity contribution in [3.8, 4) is 5.75 Å². The van der Waals surface area contributed by atoms with E-state index in [0.29, 0.717) is 12.2 Å². The van der Waals surface area contributed by atoms with Crippen LogP contribution in [-0.4, -0.2) is 12.5 Å². The number of carbonyl (C=O) groups is 1. The van der Waals surface area contributed by atoms with Crippen LogP contribution in [0.1, 0.15) is 5.56 Å². The number of anilines is 1. The molecule has 0 radical (unpaired) electrons. The van der Waals surface area contributed by atoms with Crippen molar-refractivity contribution in [2.75, 3.05) is 12.3 Å². The van der Waals surface area contributed by atoms with Gasteiger partial charge >= 0.3 is 0 Å². The lowest BCUT2D eigenvalue weighted by atomic mass is 10.2. The summed E-state index contributed by atoms with van der Waals surface area (Å²) in [4.78, 5) is 11.6. The van der Waals surface area contributed by atoms with Gasteiger partial charge in [-0.15, -0.1) is 0 Å². The molecule has 2 aromatic carbocycles. The number of nitrogens with one attached hydrogen (secondary N) is 1. The van der Waals surface area contributed by atoms with Gasteiger partial charge in [-0.2, -0.15) is 0 Å². The Labute approximate surface area is 116 Å². The molecule has 0 heterocycles. The minimum Gasteiger partial charge on any atom is -0.481 e. The number of carbonyl (C=O) groups excluding carboxylic acids is 1. The predicted octanol–water partition coefficient (Wildman–Crippen LogP) is 2.10. The molecule has 20 heavy (non-hydrogen) atoms. The zero-order valence-electron chi connectivity index (χ0n) is 10.8. The highest BCUT2D eigenvalue weighted by molar-refractivity contribution is 5.77. The number of hydrogen-bond donors (Lipinski definition) is 2. The Morgan fingerprint density at radius 2 is 1.95 bits per heavy atom. The molecule has 0 saturated carbocycles. The summed E-state index contributed by atoms with van der Waals surface area (Å²) in [5.41, 5.74) is 6.72. The fourth-order valence-corrected chi connectivity index (χ4v) is 1.62. The van der Waals surface area contributed by atoms with Crippen molar-refractivity contribution in [2.45, 2.75) is 6.54 Å². The lowest BCUT2D eigenvalue weighted by molar-refractivity contribution is -0.123. The van der Waals surface area contributed by atoms with Crippen LogP contribution in [0, 0.1) is 5.82 Å². The van der Waals surface area contributed by atoms with E-state index in [4.69, 9.17) is 10.5 Å². The summed E-state index contributed by atoms with van der Waals surface area (Å²) in [7, 11) is 0. The molecule has 0 bridgehead atoms. The van der Waals surface area contributed by atoms with Gasteiger partial charge in [0, 0.05) is 18.3 Å². The first-order valence-corrected chi connectivity index (χ1v) is 6.13. The number of nitrogen functional groups attached to an aromatic ring is 1. The van der Waals surface area contributed by atoms with Crippen LogP contribution in [0.15, 0.2) is 48.5 Å². The molecule has 0 aliphatic rings. The Bertz CT molecular complexity index is 588. The van der Waals surface area contributed by atoms with E-state index >= 15 is 0 Å². The monoisotopic (exact) mass is 274 g/mol. The third-order valence-corrected chi connectivity index (χ3v) is 2.65. The van der Waals surface area contributed by atoms with E-state index < -0.39 is 5.82 Å². The SMILES string of the molecule is Nc1ccc(OCC(=O)NCc2ccccc2)c(F)c1. The van der Waals surface area contributed by atoms with Gasteiger partial charge in [-0.3, -0.25) is 4.79 Å². The largest absolute Gasteiger partial charge is 0.481 e. The summed E-state index contributed by atoms with van der Waals surface area (Å²) in [5, 5.41) is 2.69. The second-order valence-electron chi connectivity index (χ2n) is 4.24. The predicted molar refractivity (Wildman–Crippen MR) is 74.6 cm³/mol. The standard InChI is InChI=1S/C15H15FN2O2/c16-13-8-12(17)6-7-14(13)20-10-15(19)18-9-11-4-2-1-3-5-11/h1-8H,9-10,17H2,(H,18,19). The second kappa shape index (κ2) is 6.56. The third kappa shape index (κ3) is 3.98. The quantitative estimate of drug-likeness (QED) is 0.821. The molecule has 3 N–H and O–H groups in total. The van der Waals surface area contributed by atoms with Gasteiger partial charge in [-0.1, -0.05) is 30.3 Å². The first kappa shape index (κ1) is 13.9. The molecule has 0 aliphatic heterocycles. The number of nitrogens with two attached hydrogens (primary N) is 1. The summed E-state index contributed by atoms with van der Waals surface area (Å²) in [5.74, 6) is -0.889. The fraction of sp³-hybridized carbons (Fsp3) is 0.133. The van der Waals surface area contributed by atoms with Crippen LogP contribution in [0.4, 0.5) is 10.1 Å². The van der Waals surface area contributed by atoms with Gasteiger partial charge in [-0.05, 0) is 17.7 Å². The Morgan fingerprint density at radius 1 is 1.20 bits per heavy atom. The maximum absolute atomic E-state index is 13.4. The van der Waals surface area contributed by atoms with E-state index in [-0.39, 0.29) is 18.3 Å². The van der Waals surface area contributed by atoms with Crippen LogP contribution in [-0.2, 0) is 11.3 Å². The maximum Gasteiger partial charge on any atom is 0.258 e. The molecule has 0 aromatic heterocycles. The highest BCUT2D eigenvalue weighted by Gasteiger charge is 2.07. The summed E-state index contributed by atoms with van der Waals surface area (Å²) in [6, 6.07) is 13.6. The van der Waals surface area contributed by atoms with Crippen molar-refractivity contribution in [3.05, 3.63) is 59.9 Å². The maximum atomic E-state index is 13.4. The van der Waals surface area contributed by atoms with Crippen LogP contribution < -0.4 is 15.8 Å². The molecule has 2 rings (SSSR count). The van der Waals surface area contributed by atoms with E-state index in [2.05, 4.69) is 5.32 Å². The molecule has 0 unspecified atom stereocenters. The van der Waals surface area contributed by atoms with E-state index in [1.165, 1.54) is 12.1 Å². The highest BCUT2D eigenvalue weighted by atomic mass is 19.1. The number of benzene rings is 2. The van der Waals surface area contributed by atoms with Crippen LogP contribution in [0.2, 0.25) is 0 Å². The first-order valence-electron chi connectivity index (χ1n) is 6.13. The summed E-state index contributed by atoms with van der Waals surface area (Å²) < 4.78 is 18.5. The van der Waals surface area contributed by atoms with Gasteiger partial charge < -0.3 is 15.8 Å². The minimum absolute atomic E-state index is 0.00839. The van der Waals surface area contributed by atoms with Gasteiger partial charge in [-0.25, -0.2) is 4.39 Å². The highest BCUT2D eigenvalue weighted by Crippen LogP contribution is 2.19. The minimum atomic E-state index is -0.583. The van der Waals surface area contributed by atoms with E-state index in [1.54, 1.807) is 0 Å². The molecule has 104 valence electrons. The number of amides is 1. The Kier molecular flexibility index (Phi) is 4.55. The zero-order valence-corrected chi connectivity index (χ0v) is 10.8. The van der Waals surface area contributed by atoms with Crippen LogP contribution >= 0.6 is 0 Å². The van der Waals surface area contributed by atoms with Crippen molar-refractivity contribution >= 4 is 11.6 Å². The molecule has 0 aliphatic carbocycles. The summed E-state index contributed by atoms with van der Waals surface area (Å²) in [6.45, 7) is 0.168. The average molecular weight is 274 g/mol. The smallest absolute Gasteiger partial charge is 0.258 e. The summed E-state index contributed by atoms with van der Waals surface area (Å²) >= 11 is 0. The van der Waals surface area contributed by atoms with Gasteiger partial charge in [0.05, 0.1) is 0 Å². The molecule has 2 aromatic rings. The molecule has 1 amide bonds. The zero-order chi connectivity index (χ0) is 14.4. The Hall–Kier alpha value is -2.56. The van der Waals surface area contributed by atoms with Crippen molar-refractivity contribution in [1.29, 1.82) is 0 Å². The average Bonchev–Trinajstić information content (AvgIpc) is 2.45. The summed E-state index contributed by atoms with van der Waals surface area (Å²) in [6.07, 6.45) is 0. The third-order valence-electron chi connectivity index (χ3n) is 2.65. The van der Waals surface area contributed by atoms with Gasteiger partial charge in [0.1, 0.15) is 0 Å². The molecule has 0 fully saturated rings. The van der Waals surface area contributed by atoms with Crippen molar-refractivity contribution in [1.82, 2.24) is 5.32 Å².